The molecule has 0 amide bonds. The molecule has 0 spiro atoms. The van der Waals surface area contributed by atoms with Gasteiger partial charge in [0, 0.05) is 4.47 Å². The molecule has 0 saturated carbocycles. The second-order valence-corrected chi connectivity index (χ2v) is 6.17. The van der Waals surface area contributed by atoms with Crippen molar-refractivity contribution in [1.82, 2.24) is 9.97 Å². The molecule has 0 aliphatic heterocycles. The van der Waals surface area contributed by atoms with Gasteiger partial charge in [-0.3, -0.25) is 9.59 Å². The number of aromatic nitrogens is 2. The summed E-state index contributed by atoms with van der Waals surface area (Å²) in [6.07, 6.45) is 3.24. The fourth-order valence-corrected chi connectivity index (χ4v) is 2.71. The first-order valence-corrected chi connectivity index (χ1v) is 8.31. The third kappa shape index (κ3) is 3.97. The van der Waals surface area contributed by atoms with Gasteiger partial charge >= 0.3 is 0 Å². The zero-order chi connectivity index (χ0) is 17.8. The predicted molar refractivity (Wildman–Crippen MR) is 101 cm³/mol. The number of benzene rings is 2. The highest BCUT2D eigenvalue weighted by Crippen LogP contribution is 2.15. The van der Waals surface area contributed by atoms with Crippen molar-refractivity contribution in [2.24, 2.45) is 0 Å². The maximum absolute atomic E-state index is 12.3. The van der Waals surface area contributed by atoms with Crippen LogP contribution < -0.4 is 26.6 Å². The normalized spacial score (nSPS) is 12.4. The molecule has 2 aromatic carbocycles. The van der Waals surface area contributed by atoms with E-state index < -0.39 is 0 Å². The molecule has 2 N–H and O–H groups in total. The topological polar surface area (TPSA) is 75.0 Å². The van der Waals surface area contributed by atoms with Crippen molar-refractivity contribution in [3.05, 3.63) is 95.5 Å². The first-order valence-electron chi connectivity index (χ1n) is 7.51. The van der Waals surface area contributed by atoms with Crippen molar-refractivity contribution >= 4 is 28.1 Å². The maximum atomic E-state index is 12.3. The number of H-pyrrole nitrogens is 2. The van der Waals surface area contributed by atoms with Crippen LogP contribution in [0.3, 0.4) is 0 Å². The Morgan fingerprint density at radius 3 is 2.08 bits per heavy atom. The summed E-state index contributed by atoms with van der Waals surface area (Å²) in [5.74, 6) is 0.720. The van der Waals surface area contributed by atoms with E-state index in [2.05, 4.69) is 25.9 Å². The van der Waals surface area contributed by atoms with Gasteiger partial charge in [-0.05, 0) is 41.5 Å². The molecule has 126 valence electrons. The minimum atomic E-state index is -0.367. The highest BCUT2D eigenvalue weighted by Gasteiger charge is 1.99. The number of rotatable bonds is 3. The van der Waals surface area contributed by atoms with Gasteiger partial charge in [-0.2, -0.15) is 0 Å². The van der Waals surface area contributed by atoms with Crippen LogP contribution in [0.4, 0.5) is 0 Å². The zero-order valence-electron chi connectivity index (χ0n) is 13.4. The minimum absolute atomic E-state index is 0.194. The lowest BCUT2D eigenvalue weighted by Gasteiger charge is -1.99. The number of aromatic amines is 2. The second kappa shape index (κ2) is 7.36. The maximum Gasteiger partial charge on any atom is 0.272 e. The molecule has 0 saturated heterocycles. The Balaban J connectivity index is 2.09. The second-order valence-electron chi connectivity index (χ2n) is 5.32. The Bertz CT molecular complexity index is 1130. The fourth-order valence-electron chi connectivity index (χ4n) is 2.31. The van der Waals surface area contributed by atoms with Crippen molar-refractivity contribution in [3.8, 4) is 5.75 Å². The van der Waals surface area contributed by atoms with Crippen LogP contribution in [-0.2, 0) is 0 Å². The summed E-state index contributed by atoms with van der Waals surface area (Å²) in [5.41, 5.74) is 0.851. The van der Waals surface area contributed by atoms with Crippen LogP contribution in [0, 0.1) is 0 Å². The Kier molecular flexibility index (Phi) is 5.00. The average molecular weight is 399 g/mol. The molecule has 1 heterocycles. The van der Waals surface area contributed by atoms with E-state index in [0.717, 1.165) is 21.3 Å². The molecule has 25 heavy (non-hydrogen) atoms. The monoisotopic (exact) mass is 398 g/mol. The van der Waals surface area contributed by atoms with Crippen molar-refractivity contribution in [1.29, 1.82) is 0 Å². The highest BCUT2D eigenvalue weighted by atomic mass is 79.9. The van der Waals surface area contributed by atoms with E-state index in [4.69, 9.17) is 4.74 Å². The molecule has 3 aromatic rings. The largest absolute Gasteiger partial charge is 0.497 e. The molecule has 6 heteroatoms. The molecule has 0 bridgehead atoms. The highest BCUT2D eigenvalue weighted by molar-refractivity contribution is 9.10. The van der Waals surface area contributed by atoms with Gasteiger partial charge in [-0.25, -0.2) is 0 Å². The van der Waals surface area contributed by atoms with Crippen LogP contribution in [0.25, 0.3) is 12.2 Å². The standard InChI is InChI=1S/C19H15BrN2O3/c1-25-14-8-6-12(7-9-14)10-16-18(23)22-17(19(24)21-16)11-13-4-2-3-5-15(13)20/h2-11H,1H3,(H,21,24)(H,22,23). The first-order chi connectivity index (χ1) is 12.1. The lowest BCUT2D eigenvalue weighted by atomic mass is 10.2. The minimum Gasteiger partial charge on any atom is -0.497 e. The number of methoxy groups -OCH3 is 1. The van der Waals surface area contributed by atoms with E-state index in [-0.39, 0.29) is 21.8 Å². The van der Waals surface area contributed by atoms with Gasteiger partial charge in [0.15, 0.2) is 0 Å². The summed E-state index contributed by atoms with van der Waals surface area (Å²) in [5, 5.41) is 0.392. The predicted octanol–water partition coefficient (Wildman–Crippen LogP) is 1.49. The first kappa shape index (κ1) is 17.0. The smallest absolute Gasteiger partial charge is 0.272 e. The Morgan fingerprint density at radius 1 is 0.880 bits per heavy atom. The lowest BCUT2D eigenvalue weighted by molar-refractivity contribution is 0.415. The summed E-state index contributed by atoms with van der Waals surface area (Å²) < 4.78 is 5.93. The summed E-state index contributed by atoms with van der Waals surface area (Å²) >= 11 is 3.42. The Morgan fingerprint density at radius 2 is 1.48 bits per heavy atom. The molecule has 0 aliphatic rings. The van der Waals surface area contributed by atoms with Crippen LogP contribution in [0.15, 0.2) is 62.6 Å². The SMILES string of the molecule is COc1ccc(C=c2[nH]c(=O)c(=Cc3ccccc3Br)[nH]c2=O)cc1. The van der Waals surface area contributed by atoms with Crippen molar-refractivity contribution in [3.63, 3.8) is 0 Å². The fraction of sp³-hybridized carbons (Fsp3) is 0.0526. The lowest BCUT2D eigenvalue weighted by Crippen LogP contribution is -2.46. The number of halogens is 1. The third-order valence-electron chi connectivity index (χ3n) is 3.62. The summed E-state index contributed by atoms with van der Waals surface area (Å²) in [4.78, 5) is 29.8. The molecule has 0 fully saturated rings. The summed E-state index contributed by atoms with van der Waals surface area (Å²) in [6.45, 7) is 0. The van der Waals surface area contributed by atoms with Crippen LogP contribution in [0.2, 0.25) is 0 Å². The Hall–Kier alpha value is -2.86. The molecule has 5 nitrogen and oxygen atoms in total. The molecule has 3 rings (SSSR count). The average Bonchev–Trinajstić information content (AvgIpc) is 2.62. The molecular formula is C19H15BrN2O3. The number of hydrogen-bond donors (Lipinski definition) is 2. The van der Waals surface area contributed by atoms with E-state index in [1.807, 2.05) is 24.3 Å². The molecular weight excluding hydrogens is 384 g/mol. The van der Waals surface area contributed by atoms with Gasteiger partial charge in [-0.1, -0.05) is 46.3 Å². The number of hydrogen-bond acceptors (Lipinski definition) is 3. The van der Waals surface area contributed by atoms with E-state index in [1.54, 1.807) is 43.5 Å². The Labute approximate surface area is 151 Å². The molecule has 0 atom stereocenters. The molecule has 0 radical (unpaired) electrons. The van der Waals surface area contributed by atoms with Crippen LogP contribution >= 0.6 is 15.9 Å². The van der Waals surface area contributed by atoms with Gasteiger partial charge in [0.25, 0.3) is 11.1 Å². The van der Waals surface area contributed by atoms with E-state index in [1.165, 1.54) is 0 Å². The molecule has 0 aliphatic carbocycles. The number of ether oxygens (including phenoxy) is 1. The summed E-state index contributed by atoms with van der Waals surface area (Å²) in [7, 11) is 1.58. The quantitative estimate of drug-likeness (QED) is 0.701. The van der Waals surface area contributed by atoms with E-state index >= 15 is 0 Å². The molecule has 1 aromatic heterocycles. The van der Waals surface area contributed by atoms with Crippen LogP contribution in [-0.4, -0.2) is 17.1 Å². The van der Waals surface area contributed by atoms with Gasteiger partial charge < -0.3 is 14.7 Å². The van der Waals surface area contributed by atoms with Crippen LogP contribution in [0.1, 0.15) is 11.1 Å². The van der Waals surface area contributed by atoms with E-state index in [9.17, 15) is 9.59 Å². The van der Waals surface area contributed by atoms with Crippen LogP contribution in [0.5, 0.6) is 5.75 Å². The van der Waals surface area contributed by atoms with Gasteiger partial charge in [0.2, 0.25) is 0 Å². The van der Waals surface area contributed by atoms with Gasteiger partial charge in [0.1, 0.15) is 16.4 Å². The van der Waals surface area contributed by atoms with Gasteiger partial charge in [0.05, 0.1) is 7.11 Å². The third-order valence-corrected chi connectivity index (χ3v) is 4.34. The summed E-state index contributed by atoms with van der Waals surface area (Å²) in [6, 6.07) is 14.6. The zero-order valence-corrected chi connectivity index (χ0v) is 15.0. The van der Waals surface area contributed by atoms with Gasteiger partial charge in [-0.15, -0.1) is 0 Å². The van der Waals surface area contributed by atoms with Crippen molar-refractivity contribution in [2.45, 2.75) is 0 Å². The van der Waals surface area contributed by atoms with Crippen molar-refractivity contribution < 1.29 is 4.74 Å². The van der Waals surface area contributed by atoms with Crippen molar-refractivity contribution in [2.75, 3.05) is 7.11 Å². The number of nitrogens with one attached hydrogen (secondary N) is 2. The van der Waals surface area contributed by atoms with E-state index in [0.29, 0.717) is 0 Å². The molecule has 0 unspecified atom stereocenters.